The normalized spacial score (nSPS) is 25.0. The molecule has 2 saturated heterocycles. The molecule has 0 saturated carbocycles. The molecule has 0 amide bonds. The molecule has 3 rings (SSSR count). The van der Waals surface area contributed by atoms with E-state index in [1.165, 1.54) is 0 Å². The first-order chi connectivity index (χ1) is 12.2. The van der Waals surface area contributed by atoms with Crippen LogP contribution < -0.4 is 5.46 Å². The number of aliphatic hydroxyl groups is 1. The largest absolute Gasteiger partial charge is 0.498 e. The number of aryl methyl sites for hydroxylation is 1. The molecule has 3 heterocycles. The lowest BCUT2D eigenvalue weighted by atomic mass is 9.77. The molecule has 1 aromatic rings. The van der Waals surface area contributed by atoms with Gasteiger partial charge in [0.05, 0.1) is 42.3 Å². The minimum Gasteiger partial charge on any atom is -0.399 e. The van der Waals surface area contributed by atoms with E-state index in [1.807, 2.05) is 34.6 Å². The third-order valence-electron chi connectivity index (χ3n) is 5.67. The van der Waals surface area contributed by atoms with Gasteiger partial charge in [0.1, 0.15) is 0 Å². The molecule has 1 unspecified atom stereocenters. The minimum absolute atomic E-state index is 0.124. The average Bonchev–Trinajstić information content (AvgIpc) is 3.00. The van der Waals surface area contributed by atoms with Gasteiger partial charge in [0.25, 0.3) is 0 Å². The van der Waals surface area contributed by atoms with Crippen LogP contribution in [-0.4, -0.2) is 52.7 Å². The molecule has 0 spiro atoms. The van der Waals surface area contributed by atoms with Crippen LogP contribution in [0, 0.1) is 6.92 Å². The smallest absolute Gasteiger partial charge is 0.399 e. The second-order valence-corrected chi connectivity index (χ2v) is 8.08. The third-order valence-corrected chi connectivity index (χ3v) is 5.67. The molecule has 2 fully saturated rings. The molecule has 2 aliphatic heterocycles. The molecule has 26 heavy (non-hydrogen) atoms. The van der Waals surface area contributed by atoms with E-state index in [2.05, 4.69) is 5.10 Å². The highest BCUT2D eigenvalue weighted by atomic mass is 16.7. The number of aliphatic hydroxyl groups excluding tert-OH is 1. The second kappa shape index (κ2) is 7.60. The summed E-state index contributed by atoms with van der Waals surface area (Å²) in [5.74, 6) is 0. The highest BCUT2D eigenvalue weighted by molar-refractivity contribution is 6.63. The number of nitrogens with zero attached hydrogens (tertiary/aromatic N) is 2. The zero-order valence-electron chi connectivity index (χ0n) is 16.6. The number of ether oxygens (including phenoxy) is 2. The molecular weight excluding hydrogens is 335 g/mol. The summed E-state index contributed by atoms with van der Waals surface area (Å²) < 4.78 is 25.5. The highest BCUT2D eigenvalue weighted by Crippen LogP contribution is 2.37. The van der Waals surface area contributed by atoms with Gasteiger partial charge in [-0.2, -0.15) is 5.10 Å². The van der Waals surface area contributed by atoms with E-state index in [-0.39, 0.29) is 12.9 Å². The molecule has 146 valence electrons. The molecule has 0 radical (unpaired) electrons. The van der Waals surface area contributed by atoms with Gasteiger partial charge in [-0.1, -0.05) is 0 Å². The van der Waals surface area contributed by atoms with Gasteiger partial charge in [0.15, 0.2) is 6.29 Å². The molecule has 0 aromatic carbocycles. The van der Waals surface area contributed by atoms with Crippen LogP contribution in [0.4, 0.5) is 0 Å². The molecule has 1 atom stereocenters. The second-order valence-electron chi connectivity index (χ2n) is 8.08. The predicted octanol–water partition coefficient (Wildman–Crippen LogP) is 1.53. The summed E-state index contributed by atoms with van der Waals surface area (Å²) in [7, 11) is -0.529. The third kappa shape index (κ3) is 3.85. The summed E-state index contributed by atoms with van der Waals surface area (Å²) in [5, 5.41) is 14.5. The summed E-state index contributed by atoms with van der Waals surface area (Å²) in [5.41, 5.74) is 1.48. The van der Waals surface area contributed by atoms with E-state index >= 15 is 0 Å². The molecule has 2 aliphatic rings. The van der Waals surface area contributed by atoms with E-state index in [4.69, 9.17) is 18.8 Å². The zero-order chi connectivity index (χ0) is 18.9. The van der Waals surface area contributed by atoms with Crippen LogP contribution in [-0.2, 0) is 31.9 Å². The zero-order valence-corrected chi connectivity index (χ0v) is 16.6. The molecule has 0 bridgehead atoms. The molecule has 0 aliphatic carbocycles. The lowest BCUT2D eigenvalue weighted by Gasteiger charge is -2.32. The molecule has 1 aromatic heterocycles. The number of rotatable bonds is 6. The van der Waals surface area contributed by atoms with Crippen LogP contribution in [0.2, 0.25) is 0 Å². The Morgan fingerprint density at radius 3 is 2.50 bits per heavy atom. The van der Waals surface area contributed by atoms with Gasteiger partial charge in [-0.3, -0.25) is 4.68 Å². The predicted molar refractivity (Wildman–Crippen MR) is 98.1 cm³/mol. The Hall–Kier alpha value is -0.925. The van der Waals surface area contributed by atoms with Crippen molar-refractivity contribution in [2.24, 2.45) is 0 Å². The van der Waals surface area contributed by atoms with Crippen LogP contribution >= 0.6 is 0 Å². The van der Waals surface area contributed by atoms with Gasteiger partial charge in [-0.15, -0.1) is 0 Å². The fourth-order valence-corrected chi connectivity index (χ4v) is 3.38. The van der Waals surface area contributed by atoms with Gasteiger partial charge in [-0.05, 0) is 53.9 Å². The molecular formula is C18H31BN2O5. The first-order valence-corrected chi connectivity index (χ1v) is 9.51. The summed E-state index contributed by atoms with van der Waals surface area (Å²) >= 11 is 0. The first-order valence-electron chi connectivity index (χ1n) is 9.51. The molecule has 7 nitrogen and oxygen atoms in total. The van der Waals surface area contributed by atoms with Crippen LogP contribution in [0.1, 0.15) is 58.3 Å². The number of hydrogen-bond donors (Lipinski definition) is 1. The fourth-order valence-electron chi connectivity index (χ4n) is 3.38. The summed E-state index contributed by atoms with van der Waals surface area (Å²) in [6.07, 6.45) is 3.05. The monoisotopic (exact) mass is 366 g/mol. The van der Waals surface area contributed by atoms with Crippen LogP contribution in [0.25, 0.3) is 0 Å². The first kappa shape index (κ1) is 19.8. The van der Waals surface area contributed by atoms with E-state index in [1.54, 1.807) is 4.68 Å². The Bertz CT molecular complexity index is 609. The lowest BCUT2D eigenvalue weighted by molar-refractivity contribution is -0.163. The quantitative estimate of drug-likeness (QED) is 0.770. The van der Waals surface area contributed by atoms with Crippen molar-refractivity contribution in [1.29, 1.82) is 0 Å². The van der Waals surface area contributed by atoms with Crippen LogP contribution in [0.3, 0.4) is 0 Å². The lowest BCUT2D eigenvalue weighted by Crippen LogP contribution is -2.41. The Kier molecular flexibility index (Phi) is 5.79. The maximum atomic E-state index is 9.94. The van der Waals surface area contributed by atoms with Gasteiger partial charge >= 0.3 is 7.12 Å². The van der Waals surface area contributed by atoms with Gasteiger partial charge < -0.3 is 23.9 Å². The standard InChI is InChI=1S/C18H31BN2O5/c1-13-16(19-25-17(2,3)18(4,5)26-19)14(12-22)21(20-13)9-11-24-15-8-6-7-10-23-15/h15,22H,6-12H2,1-5H3. The molecule has 1 N–H and O–H groups in total. The SMILES string of the molecule is Cc1nn(CCOC2CCCCO2)c(CO)c1B1OC(C)(C)C(C)(C)O1. The van der Waals surface area contributed by atoms with E-state index in [0.29, 0.717) is 18.8 Å². The van der Waals surface area contributed by atoms with Crippen molar-refractivity contribution in [1.82, 2.24) is 9.78 Å². The minimum atomic E-state index is -0.529. The number of hydrogen-bond acceptors (Lipinski definition) is 6. The Morgan fingerprint density at radius 1 is 1.23 bits per heavy atom. The van der Waals surface area contributed by atoms with Crippen molar-refractivity contribution in [3.63, 3.8) is 0 Å². The van der Waals surface area contributed by atoms with Crippen LogP contribution in [0.5, 0.6) is 0 Å². The highest BCUT2D eigenvalue weighted by Gasteiger charge is 2.53. The maximum Gasteiger partial charge on any atom is 0.498 e. The van der Waals surface area contributed by atoms with Crippen LogP contribution in [0.15, 0.2) is 0 Å². The van der Waals surface area contributed by atoms with E-state index < -0.39 is 18.3 Å². The Morgan fingerprint density at radius 2 is 1.92 bits per heavy atom. The van der Waals surface area contributed by atoms with Crippen molar-refractivity contribution in [3.8, 4) is 0 Å². The van der Waals surface area contributed by atoms with Crippen molar-refractivity contribution in [3.05, 3.63) is 11.4 Å². The van der Waals surface area contributed by atoms with Gasteiger partial charge in [0, 0.05) is 12.1 Å². The summed E-state index contributed by atoms with van der Waals surface area (Å²) in [4.78, 5) is 0. The van der Waals surface area contributed by atoms with Gasteiger partial charge in [-0.25, -0.2) is 0 Å². The van der Waals surface area contributed by atoms with Crippen molar-refractivity contribution in [2.75, 3.05) is 13.2 Å². The summed E-state index contributed by atoms with van der Waals surface area (Å²) in [6, 6.07) is 0. The van der Waals surface area contributed by atoms with Gasteiger partial charge in [0.2, 0.25) is 0 Å². The Balaban J connectivity index is 1.70. The van der Waals surface area contributed by atoms with E-state index in [0.717, 1.165) is 37.0 Å². The van der Waals surface area contributed by atoms with Crippen molar-refractivity contribution < 1.29 is 23.9 Å². The maximum absolute atomic E-state index is 9.94. The molecule has 8 heteroatoms. The van der Waals surface area contributed by atoms with Crippen molar-refractivity contribution >= 4 is 12.6 Å². The summed E-state index contributed by atoms with van der Waals surface area (Å²) in [6.45, 7) is 11.7. The Labute approximate surface area is 156 Å². The topological polar surface area (TPSA) is 75.0 Å². The van der Waals surface area contributed by atoms with E-state index in [9.17, 15) is 5.11 Å². The average molecular weight is 366 g/mol. The number of aromatic nitrogens is 2. The van der Waals surface area contributed by atoms with Crippen molar-refractivity contribution in [2.45, 2.75) is 84.5 Å². The fraction of sp³-hybridized carbons (Fsp3) is 0.833.